The van der Waals surface area contributed by atoms with E-state index in [0.717, 1.165) is 12.2 Å². The number of hydrogen-bond donors (Lipinski definition) is 0. The van der Waals surface area contributed by atoms with Crippen molar-refractivity contribution < 1.29 is 0 Å². The van der Waals surface area contributed by atoms with Crippen LogP contribution in [0, 0.1) is 0 Å². The molecule has 2 aromatic rings. The second-order valence-electron chi connectivity index (χ2n) is 4.98. The van der Waals surface area contributed by atoms with E-state index in [1.807, 2.05) is 49.1 Å². The van der Waals surface area contributed by atoms with Gasteiger partial charge in [-0.15, -0.1) is 10.2 Å². The van der Waals surface area contributed by atoms with Crippen molar-refractivity contribution in [3.63, 3.8) is 0 Å². The van der Waals surface area contributed by atoms with Crippen molar-refractivity contribution in [2.75, 3.05) is 11.4 Å². The summed E-state index contributed by atoms with van der Waals surface area (Å²) in [4.78, 5) is 14.3. The molecule has 98 valence electrons. The highest BCUT2D eigenvalue weighted by Gasteiger charge is 2.25. The molecule has 0 saturated carbocycles. The summed E-state index contributed by atoms with van der Waals surface area (Å²) in [5, 5.41) is 8.34. The molecule has 0 radical (unpaired) electrons. The van der Waals surface area contributed by atoms with Crippen molar-refractivity contribution in [2.24, 2.45) is 0 Å². The normalized spacial score (nSPS) is 13.9. The van der Waals surface area contributed by atoms with E-state index in [-0.39, 0.29) is 11.5 Å². The number of rotatable bonds is 2. The highest BCUT2D eigenvalue weighted by Crippen LogP contribution is 2.26. The fourth-order valence-electron chi connectivity index (χ4n) is 2.34. The zero-order valence-corrected chi connectivity index (χ0v) is 11.1. The van der Waals surface area contributed by atoms with E-state index >= 15 is 0 Å². The zero-order valence-electron chi connectivity index (χ0n) is 11.1. The van der Waals surface area contributed by atoms with Crippen LogP contribution in [0.3, 0.4) is 0 Å². The first-order chi connectivity index (χ1) is 9.18. The molecule has 0 N–H and O–H groups in total. The maximum atomic E-state index is 12.3. The van der Waals surface area contributed by atoms with Gasteiger partial charge in [0.2, 0.25) is 5.95 Å². The van der Waals surface area contributed by atoms with Crippen molar-refractivity contribution in [1.82, 2.24) is 14.8 Å². The molecule has 0 atom stereocenters. The van der Waals surface area contributed by atoms with Gasteiger partial charge in [0, 0.05) is 24.7 Å². The lowest BCUT2D eigenvalue weighted by molar-refractivity contribution is 0.678. The molecular weight excluding hydrogens is 240 g/mol. The molecule has 0 spiro atoms. The Morgan fingerprint density at radius 1 is 1.11 bits per heavy atom. The van der Waals surface area contributed by atoms with Crippen LogP contribution in [-0.2, 0) is 6.54 Å². The molecule has 2 heterocycles. The van der Waals surface area contributed by atoms with Crippen molar-refractivity contribution in [2.45, 2.75) is 26.3 Å². The molecule has 5 nitrogen and oxygen atoms in total. The predicted molar refractivity (Wildman–Crippen MR) is 73.8 cm³/mol. The first-order valence-corrected chi connectivity index (χ1v) is 6.48. The quantitative estimate of drug-likeness (QED) is 0.823. The third-order valence-electron chi connectivity index (χ3n) is 3.36. The molecule has 0 aliphatic carbocycles. The average Bonchev–Trinajstić information content (AvgIpc) is 2.84. The van der Waals surface area contributed by atoms with Crippen LogP contribution in [0.4, 0.5) is 11.6 Å². The van der Waals surface area contributed by atoms with Gasteiger partial charge in [-0.3, -0.25) is 9.36 Å². The maximum absolute atomic E-state index is 12.3. The van der Waals surface area contributed by atoms with Gasteiger partial charge in [0.05, 0.1) is 0 Å². The largest absolute Gasteiger partial charge is 0.309 e. The van der Waals surface area contributed by atoms with Crippen LogP contribution in [0.25, 0.3) is 0 Å². The molecule has 1 aliphatic rings. The van der Waals surface area contributed by atoms with Crippen molar-refractivity contribution in [1.29, 1.82) is 0 Å². The van der Waals surface area contributed by atoms with E-state index < -0.39 is 0 Å². The zero-order chi connectivity index (χ0) is 13.4. The van der Waals surface area contributed by atoms with Crippen LogP contribution in [0.5, 0.6) is 0 Å². The summed E-state index contributed by atoms with van der Waals surface area (Å²) >= 11 is 0. The summed E-state index contributed by atoms with van der Waals surface area (Å²) in [5.41, 5.74) is 1.57. The summed E-state index contributed by atoms with van der Waals surface area (Å²) in [6.45, 7) is 5.35. The third-order valence-corrected chi connectivity index (χ3v) is 3.36. The van der Waals surface area contributed by atoms with Gasteiger partial charge in [-0.25, -0.2) is 0 Å². The van der Waals surface area contributed by atoms with Crippen LogP contribution in [0.1, 0.15) is 25.5 Å². The first kappa shape index (κ1) is 11.9. The Morgan fingerprint density at radius 3 is 2.53 bits per heavy atom. The molecule has 1 aromatic carbocycles. The molecule has 0 fully saturated rings. The minimum Gasteiger partial charge on any atom is -0.309 e. The molecule has 0 amide bonds. The number of para-hydroxylation sites is 1. The topological polar surface area (TPSA) is 51.0 Å². The van der Waals surface area contributed by atoms with Gasteiger partial charge in [0.25, 0.3) is 5.56 Å². The summed E-state index contributed by atoms with van der Waals surface area (Å²) < 4.78 is 1.72. The number of hydrogen-bond acceptors (Lipinski definition) is 4. The van der Waals surface area contributed by atoms with Crippen molar-refractivity contribution in [3.05, 3.63) is 46.4 Å². The van der Waals surface area contributed by atoms with E-state index in [4.69, 9.17) is 0 Å². The Balaban J connectivity index is 2.08. The second-order valence-corrected chi connectivity index (χ2v) is 4.98. The molecular formula is C14H16N4O. The molecule has 1 aromatic heterocycles. The third kappa shape index (κ3) is 1.91. The predicted octanol–water partition coefficient (Wildman–Crippen LogP) is 1.91. The number of nitrogens with zero attached hydrogens (tertiary/aromatic N) is 4. The lowest BCUT2D eigenvalue weighted by Crippen LogP contribution is -2.26. The number of fused-ring (bicyclic) bond motifs is 1. The van der Waals surface area contributed by atoms with E-state index in [1.54, 1.807) is 4.57 Å². The molecule has 0 bridgehead atoms. The first-order valence-electron chi connectivity index (χ1n) is 6.48. The smallest absolute Gasteiger partial charge is 0.277 e. The van der Waals surface area contributed by atoms with Gasteiger partial charge in [-0.2, -0.15) is 0 Å². The number of aromatic nitrogens is 3. The van der Waals surface area contributed by atoms with Crippen LogP contribution >= 0.6 is 0 Å². The van der Waals surface area contributed by atoms with E-state index in [1.165, 1.54) is 0 Å². The molecule has 1 aliphatic heterocycles. The molecule has 0 saturated heterocycles. The molecule has 0 unspecified atom stereocenters. The van der Waals surface area contributed by atoms with Gasteiger partial charge in [0.1, 0.15) is 5.69 Å². The van der Waals surface area contributed by atoms with Crippen LogP contribution in [0.2, 0.25) is 0 Å². The Kier molecular flexibility index (Phi) is 2.81. The molecule has 3 rings (SSSR count). The Hall–Kier alpha value is -2.17. The number of anilines is 2. The van der Waals surface area contributed by atoms with Crippen LogP contribution < -0.4 is 10.5 Å². The van der Waals surface area contributed by atoms with Gasteiger partial charge in [0.15, 0.2) is 0 Å². The van der Waals surface area contributed by atoms with Gasteiger partial charge in [-0.1, -0.05) is 32.0 Å². The Bertz CT molecular complexity index is 648. The van der Waals surface area contributed by atoms with Crippen LogP contribution in [0.15, 0.2) is 35.1 Å². The SMILES string of the molecule is CC(C)c1nnc2n(c1=O)CCN2c1ccccc1. The minimum atomic E-state index is -0.0153. The molecule has 19 heavy (non-hydrogen) atoms. The van der Waals surface area contributed by atoms with E-state index in [9.17, 15) is 4.79 Å². The number of benzene rings is 1. The highest BCUT2D eigenvalue weighted by molar-refractivity contribution is 5.58. The fraction of sp³-hybridized carbons (Fsp3) is 0.357. The van der Waals surface area contributed by atoms with Gasteiger partial charge >= 0.3 is 0 Å². The summed E-state index contributed by atoms with van der Waals surface area (Å²) in [6.07, 6.45) is 0. The van der Waals surface area contributed by atoms with Crippen molar-refractivity contribution in [3.8, 4) is 0 Å². The monoisotopic (exact) mass is 256 g/mol. The summed E-state index contributed by atoms with van der Waals surface area (Å²) in [5.74, 6) is 0.740. The minimum absolute atomic E-state index is 0.0153. The van der Waals surface area contributed by atoms with E-state index in [0.29, 0.717) is 18.2 Å². The van der Waals surface area contributed by atoms with Gasteiger partial charge < -0.3 is 4.90 Å². The lowest BCUT2D eigenvalue weighted by atomic mass is 10.1. The van der Waals surface area contributed by atoms with E-state index in [2.05, 4.69) is 10.2 Å². The Morgan fingerprint density at radius 2 is 1.84 bits per heavy atom. The fourth-order valence-corrected chi connectivity index (χ4v) is 2.34. The second kappa shape index (κ2) is 4.50. The lowest BCUT2D eigenvalue weighted by Gasteiger charge is -2.16. The van der Waals surface area contributed by atoms with Gasteiger partial charge in [-0.05, 0) is 12.1 Å². The van der Waals surface area contributed by atoms with Crippen LogP contribution in [-0.4, -0.2) is 21.3 Å². The highest BCUT2D eigenvalue weighted by atomic mass is 16.1. The molecule has 5 heteroatoms. The standard InChI is InChI=1S/C14H16N4O/c1-10(2)12-13(19)18-9-8-17(14(18)16-15-12)11-6-4-3-5-7-11/h3-7,10H,8-9H2,1-2H3. The maximum Gasteiger partial charge on any atom is 0.277 e. The Labute approximate surface area is 111 Å². The summed E-state index contributed by atoms with van der Waals surface area (Å²) in [7, 11) is 0. The average molecular weight is 256 g/mol. The summed E-state index contributed by atoms with van der Waals surface area (Å²) in [6, 6.07) is 9.95. The van der Waals surface area contributed by atoms with Crippen molar-refractivity contribution >= 4 is 11.6 Å².